The van der Waals surface area contributed by atoms with Gasteiger partial charge in [0.25, 0.3) is 5.91 Å². The number of amides is 1. The average Bonchev–Trinajstić information content (AvgIpc) is 2.48. The summed E-state index contributed by atoms with van der Waals surface area (Å²) < 4.78 is 6.72. The van der Waals surface area contributed by atoms with Gasteiger partial charge in [0.15, 0.2) is 6.10 Å². The minimum atomic E-state index is -0.562. The summed E-state index contributed by atoms with van der Waals surface area (Å²) in [6.45, 7) is 2.11. The average molecular weight is 416 g/mol. The molecule has 0 aliphatic carbocycles. The zero-order valence-electron chi connectivity index (χ0n) is 11.5. The molecule has 0 aliphatic heterocycles. The van der Waals surface area contributed by atoms with E-state index < -0.39 is 6.10 Å². The second kappa shape index (κ2) is 7.66. The Morgan fingerprint density at radius 2 is 1.90 bits per heavy atom. The molecule has 0 unspecified atom stereocenters. The van der Waals surface area contributed by atoms with Gasteiger partial charge in [0.05, 0.1) is 0 Å². The predicted octanol–water partition coefficient (Wildman–Crippen LogP) is 4.03. The first-order valence-electron chi connectivity index (χ1n) is 6.49. The summed E-state index contributed by atoms with van der Waals surface area (Å²) in [5.41, 5.74) is 0.883. The standard InChI is InChI=1S/C16H15ClINO2/c1-11(21-14-8-6-13(18)7-9-14)16(20)19-10-12-4-2-3-5-15(12)17/h2-9,11H,10H2,1H3,(H,19,20)/t11-/m0/s1. The quantitative estimate of drug-likeness (QED) is 0.749. The van der Waals surface area contributed by atoms with Gasteiger partial charge in [0, 0.05) is 15.1 Å². The number of rotatable bonds is 5. The van der Waals surface area contributed by atoms with Crippen LogP contribution in [0.25, 0.3) is 0 Å². The smallest absolute Gasteiger partial charge is 0.261 e. The van der Waals surface area contributed by atoms with Gasteiger partial charge in [-0.05, 0) is 65.4 Å². The Bertz CT molecular complexity index is 616. The summed E-state index contributed by atoms with van der Waals surface area (Å²) in [5, 5.41) is 3.46. The van der Waals surface area contributed by atoms with Crippen LogP contribution in [0, 0.1) is 3.57 Å². The lowest BCUT2D eigenvalue weighted by atomic mass is 10.2. The first-order chi connectivity index (χ1) is 10.1. The number of hydrogen-bond donors (Lipinski definition) is 1. The Morgan fingerprint density at radius 1 is 1.24 bits per heavy atom. The van der Waals surface area contributed by atoms with E-state index in [-0.39, 0.29) is 5.91 Å². The van der Waals surface area contributed by atoms with Crippen LogP contribution in [0.15, 0.2) is 48.5 Å². The zero-order valence-corrected chi connectivity index (χ0v) is 14.4. The summed E-state index contributed by atoms with van der Waals surface area (Å²) >= 11 is 8.27. The number of carbonyl (C=O) groups excluding carboxylic acids is 1. The fourth-order valence-corrected chi connectivity index (χ4v) is 2.30. The van der Waals surface area contributed by atoms with Crippen LogP contribution >= 0.6 is 34.2 Å². The molecule has 0 saturated heterocycles. The van der Waals surface area contributed by atoms with Crippen molar-refractivity contribution < 1.29 is 9.53 Å². The van der Waals surface area contributed by atoms with E-state index in [1.165, 1.54) is 0 Å². The van der Waals surface area contributed by atoms with E-state index >= 15 is 0 Å². The van der Waals surface area contributed by atoms with E-state index in [0.717, 1.165) is 9.13 Å². The van der Waals surface area contributed by atoms with Gasteiger partial charge in [0.1, 0.15) is 5.75 Å². The Hall–Kier alpha value is -1.27. The Morgan fingerprint density at radius 3 is 2.57 bits per heavy atom. The van der Waals surface area contributed by atoms with Crippen molar-refractivity contribution in [1.82, 2.24) is 5.32 Å². The normalized spacial score (nSPS) is 11.8. The van der Waals surface area contributed by atoms with Crippen molar-refractivity contribution in [2.24, 2.45) is 0 Å². The summed E-state index contributed by atoms with van der Waals surface area (Å²) in [6.07, 6.45) is -0.562. The lowest BCUT2D eigenvalue weighted by molar-refractivity contribution is -0.127. The maximum Gasteiger partial charge on any atom is 0.261 e. The zero-order chi connectivity index (χ0) is 15.2. The third kappa shape index (κ3) is 4.89. The number of hydrogen-bond acceptors (Lipinski definition) is 2. The number of ether oxygens (including phenoxy) is 1. The number of halogens is 2. The summed E-state index contributed by atoms with van der Waals surface area (Å²) in [6, 6.07) is 15.0. The van der Waals surface area contributed by atoms with Crippen molar-refractivity contribution in [3.05, 3.63) is 62.7 Å². The maximum absolute atomic E-state index is 12.0. The van der Waals surface area contributed by atoms with Gasteiger partial charge in [-0.25, -0.2) is 0 Å². The van der Waals surface area contributed by atoms with Gasteiger partial charge >= 0.3 is 0 Å². The van der Waals surface area contributed by atoms with E-state index in [0.29, 0.717) is 17.3 Å². The van der Waals surface area contributed by atoms with Crippen LogP contribution < -0.4 is 10.1 Å². The van der Waals surface area contributed by atoms with Crippen LogP contribution in [0.5, 0.6) is 5.75 Å². The molecule has 1 amide bonds. The van der Waals surface area contributed by atoms with Gasteiger partial charge in [0.2, 0.25) is 0 Å². The molecule has 110 valence electrons. The fourth-order valence-electron chi connectivity index (χ4n) is 1.74. The van der Waals surface area contributed by atoms with Crippen LogP contribution in [0.1, 0.15) is 12.5 Å². The molecule has 0 bridgehead atoms. The minimum Gasteiger partial charge on any atom is -0.481 e. The van der Waals surface area contributed by atoms with Crippen LogP contribution in [0.2, 0.25) is 5.02 Å². The second-order valence-corrected chi connectivity index (χ2v) is 6.18. The van der Waals surface area contributed by atoms with Crippen LogP contribution in [0.3, 0.4) is 0 Å². The van der Waals surface area contributed by atoms with Gasteiger partial charge in [-0.1, -0.05) is 29.8 Å². The van der Waals surface area contributed by atoms with Gasteiger partial charge < -0.3 is 10.1 Å². The Labute approximate surface area is 142 Å². The van der Waals surface area contributed by atoms with E-state index in [1.54, 1.807) is 13.0 Å². The monoisotopic (exact) mass is 415 g/mol. The number of carbonyl (C=O) groups is 1. The topological polar surface area (TPSA) is 38.3 Å². The number of benzene rings is 2. The molecule has 0 aliphatic rings. The van der Waals surface area contributed by atoms with Gasteiger partial charge in [-0.2, -0.15) is 0 Å². The lowest BCUT2D eigenvalue weighted by Gasteiger charge is -2.15. The lowest BCUT2D eigenvalue weighted by Crippen LogP contribution is -2.35. The molecule has 5 heteroatoms. The summed E-state index contributed by atoms with van der Waals surface area (Å²) in [7, 11) is 0. The van der Waals surface area contributed by atoms with Crippen molar-refractivity contribution in [3.63, 3.8) is 0 Å². The largest absolute Gasteiger partial charge is 0.481 e. The highest BCUT2D eigenvalue weighted by molar-refractivity contribution is 14.1. The molecule has 3 nitrogen and oxygen atoms in total. The molecular weight excluding hydrogens is 401 g/mol. The van der Waals surface area contributed by atoms with Crippen LogP contribution in [0.4, 0.5) is 0 Å². The van der Waals surface area contributed by atoms with Crippen LogP contribution in [-0.2, 0) is 11.3 Å². The third-order valence-electron chi connectivity index (χ3n) is 2.91. The molecule has 1 N–H and O–H groups in total. The fraction of sp³-hybridized carbons (Fsp3) is 0.188. The highest BCUT2D eigenvalue weighted by Crippen LogP contribution is 2.16. The van der Waals surface area contributed by atoms with Crippen molar-refractivity contribution in [2.45, 2.75) is 19.6 Å². The Kier molecular flexibility index (Phi) is 5.87. The van der Waals surface area contributed by atoms with Crippen molar-refractivity contribution >= 4 is 40.1 Å². The highest BCUT2D eigenvalue weighted by Gasteiger charge is 2.14. The van der Waals surface area contributed by atoms with Crippen molar-refractivity contribution in [2.75, 3.05) is 0 Å². The summed E-state index contributed by atoms with van der Waals surface area (Å²) in [5.74, 6) is 0.504. The summed E-state index contributed by atoms with van der Waals surface area (Å²) in [4.78, 5) is 12.0. The first kappa shape index (κ1) is 16.1. The SMILES string of the molecule is C[C@H](Oc1ccc(I)cc1)C(=O)NCc1ccccc1Cl. The molecule has 0 radical (unpaired) electrons. The van der Waals surface area contributed by atoms with Crippen molar-refractivity contribution in [3.8, 4) is 5.75 Å². The van der Waals surface area contributed by atoms with Gasteiger partial charge in [-0.3, -0.25) is 4.79 Å². The molecule has 2 aromatic carbocycles. The molecule has 0 aromatic heterocycles. The number of nitrogens with one attached hydrogen (secondary N) is 1. The van der Waals surface area contributed by atoms with E-state index in [9.17, 15) is 4.79 Å². The predicted molar refractivity (Wildman–Crippen MR) is 92.5 cm³/mol. The molecule has 0 spiro atoms. The molecule has 0 heterocycles. The van der Waals surface area contributed by atoms with Crippen molar-refractivity contribution in [1.29, 1.82) is 0 Å². The second-order valence-electron chi connectivity index (χ2n) is 4.52. The van der Waals surface area contributed by atoms with E-state index in [1.807, 2.05) is 42.5 Å². The molecule has 21 heavy (non-hydrogen) atoms. The Balaban J connectivity index is 1.88. The van der Waals surface area contributed by atoms with Crippen LogP contribution in [-0.4, -0.2) is 12.0 Å². The maximum atomic E-state index is 12.0. The molecule has 0 saturated carbocycles. The van der Waals surface area contributed by atoms with Gasteiger partial charge in [-0.15, -0.1) is 0 Å². The van der Waals surface area contributed by atoms with E-state index in [2.05, 4.69) is 27.9 Å². The van der Waals surface area contributed by atoms with E-state index in [4.69, 9.17) is 16.3 Å². The molecule has 1 atom stereocenters. The molecule has 0 fully saturated rings. The highest BCUT2D eigenvalue weighted by atomic mass is 127. The molecule has 2 rings (SSSR count). The molecular formula is C16H15ClINO2. The minimum absolute atomic E-state index is 0.173. The third-order valence-corrected chi connectivity index (χ3v) is 3.99. The first-order valence-corrected chi connectivity index (χ1v) is 7.95. The molecule has 2 aromatic rings.